The number of hydrogen-bond donors (Lipinski definition) is 1. The van der Waals surface area contributed by atoms with E-state index in [2.05, 4.69) is 6.92 Å². The van der Waals surface area contributed by atoms with Crippen LogP contribution in [0, 0.1) is 17.8 Å². The number of hydrogen-bond acceptors (Lipinski definition) is 1. The van der Waals surface area contributed by atoms with E-state index in [1.807, 2.05) is 6.92 Å². The summed E-state index contributed by atoms with van der Waals surface area (Å²) < 4.78 is 0. The second-order valence-electron chi connectivity index (χ2n) is 3.84. The fraction of sp³-hybridized carbons (Fsp3) is 0.889. The predicted octanol–water partition coefficient (Wildman–Crippen LogP) is 2.14. The SMILES string of the molecule is CC1CCC(C)C(C(=O)O)C1. The van der Waals surface area contributed by atoms with Crippen molar-refractivity contribution in [1.29, 1.82) is 0 Å². The maximum absolute atomic E-state index is 10.7. The summed E-state index contributed by atoms with van der Waals surface area (Å²) in [4.78, 5) is 10.7. The van der Waals surface area contributed by atoms with Crippen LogP contribution in [0.15, 0.2) is 0 Å². The van der Waals surface area contributed by atoms with Crippen LogP contribution < -0.4 is 0 Å². The zero-order chi connectivity index (χ0) is 8.43. The number of carbonyl (C=O) groups is 1. The van der Waals surface area contributed by atoms with Crippen LogP contribution in [0.3, 0.4) is 0 Å². The van der Waals surface area contributed by atoms with Crippen LogP contribution in [-0.2, 0) is 4.79 Å². The standard InChI is InChI=1S/C9H16O2/c1-6-3-4-7(2)8(5-6)9(10)11/h6-8H,3-5H2,1-2H3,(H,10,11). The fourth-order valence-corrected chi connectivity index (χ4v) is 1.88. The molecule has 0 aromatic rings. The van der Waals surface area contributed by atoms with Gasteiger partial charge in [-0.15, -0.1) is 0 Å². The zero-order valence-electron chi connectivity index (χ0n) is 7.21. The lowest BCUT2D eigenvalue weighted by Gasteiger charge is -2.29. The van der Waals surface area contributed by atoms with Gasteiger partial charge < -0.3 is 5.11 Å². The molecule has 11 heavy (non-hydrogen) atoms. The number of aliphatic carboxylic acids is 1. The van der Waals surface area contributed by atoms with Gasteiger partial charge in [0.15, 0.2) is 0 Å². The third-order valence-electron chi connectivity index (χ3n) is 2.78. The second kappa shape index (κ2) is 3.24. The predicted molar refractivity (Wildman–Crippen MR) is 43.3 cm³/mol. The largest absolute Gasteiger partial charge is 0.481 e. The molecule has 2 nitrogen and oxygen atoms in total. The Morgan fingerprint density at radius 1 is 1.36 bits per heavy atom. The minimum absolute atomic E-state index is 0.0845. The van der Waals surface area contributed by atoms with Gasteiger partial charge in [-0.1, -0.05) is 20.3 Å². The molecule has 1 rings (SSSR count). The fourth-order valence-electron chi connectivity index (χ4n) is 1.88. The molecule has 64 valence electrons. The van der Waals surface area contributed by atoms with Crippen molar-refractivity contribution in [3.8, 4) is 0 Å². The van der Waals surface area contributed by atoms with Gasteiger partial charge in [-0.05, 0) is 24.7 Å². The van der Waals surface area contributed by atoms with Crippen LogP contribution in [0.4, 0.5) is 0 Å². The van der Waals surface area contributed by atoms with Crippen LogP contribution in [0.5, 0.6) is 0 Å². The van der Waals surface area contributed by atoms with Crippen LogP contribution in [0.2, 0.25) is 0 Å². The Morgan fingerprint density at radius 3 is 2.45 bits per heavy atom. The molecule has 0 radical (unpaired) electrons. The van der Waals surface area contributed by atoms with Crippen molar-refractivity contribution in [1.82, 2.24) is 0 Å². The Bertz CT molecular complexity index is 154. The minimum atomic E-state index is -0.607. The molecule has 0 aromatic heterocycles. The Hall–Kier alpha value is -0.530. The van der Waals surface area contributed by atoms with E-state index in [1.54, 1.807) is 0 Å². The average Bonchev–Trinajstić information content (AvgIpc) is 1.94. The molecule has 3 unspecified atom stereocenters. The molecule has 0 aromatic carbocycles. The summed E-state index contributed by atoms with van der Waals surface area (Å²) in [7, 11) is 0. The minimum Gasteiger partial charge on any atom is -0.481 e. The number of carboxylic acid groups (broad SMARTS) is 1. The van der Waals surface area contributed by atoms with E-state index in [9.17, 15) is 4.79 Å². The molecular weight excluding hydrogens is 140 g/mol. The van der Waals surface area contributed by atoms with Gasteiger partial charge in [0.05, 0.1) is 5.92 Å². The van der Waals surface area contributed by atoms with Gasteiger partial charge in [0.25, 0.3) is 0 Å². The van der Waals surface area contributed by atoms with E-state index in [0.29, 0.717) is 11.8 Å². The highest BCUT2D eigenvalue weighted by molar-refractivity contribution is 5.70. The monoisotopic (exact) mass is 156 g/mol. The summed E-state index contributed by atoms with van der Waals surface area (Å²) >= 11 is 0. The molecule has 0 saturated heterocycles. The molecule has 1 N–H and O–H groups in total. The molecule has 0 heterocycles. The Labute approximate surface area is 67.6 Å². The summed E-state index contributed by atoms with van der Waals surface area (Å²) in [6.45, 7) is 4.19. The Morgan fingerprint density at radius 2 is 2.00 bits per heavy atom. The lowest BCUT2D eigenvalue weighted by Crippen LogP contribution is -2.28. The van der Waals surface area contributed by atoms with Crippen LogP contribution in [0.1, 0.15) is 33.1 Å². The molecular formula is C9H16O2. The van der Waals surface area contributed by atoms with Gasteiger partial charge >= 0.3 is 5.97 Å². The van der Waals surface area contributed by atoms with E-state index in [0.717, 1.165) is 12.8 Å². The molecule has 1 aliphatic rings. The Kier molecular flexibility index (Phi) is 2.53. The molecule has 0 amide bonds. The maximum Gasteiger partial charge on any atom is 0.306 e. The van der Waals surface area contributed by atoms with Crippen LogP contribution in [0.25, 0.3) is 0 Å². The smallest absolute Gasteiger partial charge is 0.306 e. The molecule has 0 aliphatic heterocycles. The molecule has 2 heteroatoms. The van der Waals surface area contributed by atoms with Crippen LogP contribution in [-0.4, -0.2) is 11.1 Å². The first-order valence-corrected chi connectivity index (χ1v) is 4.34. The first-order valence-electron chi connectivity index (χ1n) is 4.34. The second-order valence-corrected chi connectivity index (χ2v) is 3.84. The van der Waals surface area contributed by atoms with E-state index < -0.39 is 5.97 Å². The Balaban J connectivity index is 2.54. The van der Waals surface area contributed by atoms with Crippen molar-refractivity contribution >= 4 is 5.97 Å². The third kappa shape index (κ3) is 1.95. The van der Waals surface area contributed by atoms with E-state index in [4.69, 9.17) is 5.11 Å². The van der Waals surface area contributed by atoms with Crippen molar-refractivity contribution in [2.24, 2.45) is 17.8 Å². The normalized spacial score (nSPS) is 38.5. The van der Waals surface area contributed by atoms with Gasteiger partial charge in [-0.3, -0.25) is 4.79 Å². The molecule has 1 fully saturated rings. The lowest BCUT2D eigenvalue weighted by atomic mass is 9.76. The highest BCUT2D eigenvalue weighted by Crippen LogP contribution is 2.33. The third-order valence-corrected chi connectivity index (χ3v) is 2.78. The first-order chi connectivity index (χ1) is 5.11. The molecule has 1 saturated carbocycles. The number of rotatable bonds is 1. The van der Waals surface area contributed by atoms with Crippen molar-refractivity contribution in [3.63, 3.8) is 0 Å². The highest BCUT2D eigenvalue weighted by atomic mass is 16.4. The van der Waals surface area contributed by atoms with Crippen LogP contribution >= 0.6 is 0 Å². The maximum atomic E-state index is 10.7. The van der Waals surface area contributed by atoms with Gasteiger partial charge in [0.1, 0.15) is 0 Å². The summed E-state index contributed by atoms with van der Waals surface area (Å²) in [6, 6.07) is 0. The first kappa shape index (κ1) is 8.57. The van der Waals surface area contributed by atoms with E-state index >= 15 is 0 Å². The van der Waals surface area contributed by atoms with E-state index in [1.165, 1.54) is 6.42 Å². The van der Waals surface area contributed by atoms with Gasteiger partial charge in [0.2, 0.25) is 0 Å². The molecule has 1 aliphatic carbocycles. The molecule has 3 atom stereocenters. The van der Waals surface area contributed by atoms with Gasteiger partial charge in [-0.2, -0.15) is 0 Å². The summed E-state index contributed by atoms with van der Waals surface area (Å²) in [5.41, 5.74) is 0. The van der Waals surface area contributed by atoms with Gasteiger partial charge in [0, 0.05) is 0 Å². The average molecular weight is 156 g/mol. The topological polar surface area (TPSA) is 37.3 Å². The quantitative estimate of drug-likeness (QED) is 0.631. The molecule has 0 spiro atoms. The van der Waals surface area contributed by atoms with Crippen molar-refractivity contribution < 1.29 is 9.90 Å². The molecule has 0 bridgehead atoms. The summed E-state index contributed by atoms with van der Waals surface area (Å²) in [5, 5.41) is 8.83. The van der Waals surface area contributed by atoms with Crippen molar-refractivity contribution in [2.75, 3.05) is 0 Å². The van der Waals surface area contributed by atoms with Gasteiger partial charge in [-0.25, -0.2) is 0 Å². The number of carboxylic acids is 1. The van der Waals surface area contributed by atoms with Crippen molar-refractivity contribution in [3.05, 3.63) is 0 Å². The summed E-state index contributed by atoms with van der Waals surface area (Å²) in [5.74, 6) is 0.291. The summed E-state index contributed by atoms with van der Waals surface area (Å²) in [6.07, 6.45) is 3.15. The van der Waals surface area contributed by atoms with Crippen molar-refractivity contribution in [2.45, 2.75) is 33.1 Å². The zero-order valence-corrected chi connectivity index (χ0v) is 7.21. The lowest BCUT2D eigenvalue weighted by molar-refractivity contribution is -0.145. The highest BCUT2D eigenvalue weighted by Gasteiger charge is 2.30. The van der Waals surface area contributed by atoms with E-state index in [-0.39, 0.29) is 5.92 Å².